The van der Waals surface area contributed by atoms with Crippen molar-refractivity contribution < 1.29 is 28.3 Å². The summed E-state index contributed by atoms with van der Waals surface area (Å²) in [6.07, 6.45) is 2.19. The lowest BCUT2D eigenvalue weighted by Crippen LogP contribution is -2.28. The van der Waals surface area contributed by atoms with Crippen LogP contribution in [0.2, 0.25) is 5.02 Å². The fourth-order valence-corrected chi connectivity index (χ4v) is 5.52. The van der Waals surface area contributed by atoms with Gasteiger partial charge in [-0.05, 0) is 18.6 Å². The summed E-state index contributed by atoms with van der Waals surface area (Å²) < 4.78 is 31.2. The van der Waals surface area contributed by atoms with E-state index in [0.29, 0.717) is 23.6 Å². The van der Waals surface area contributed by atoms with Crippen LogP contribution in [0.4, 0.5) is 4.79 Å². The summed E-state index contributed by atoms with van der Waals surface area (Å²) in [4.78, 5) is 19.7. The minimum Gasteiger partial charge on any atom is -0.491 e. The second-order valence-corrected chi connectivity index (χ2v) is 8.86. The first-order chi connectivity index (χ1) is 15.4. The Labute approximate surface area is 192 Å². The van der Waals surface area contributed by atoms with Crippen molar-refractivity contribution in [3.63, 3.8) is 0 Å². The van der Waals surface area contributed by atoms with E-state index in [9.17, 15) is 9.00 Å². The quantitative estimate of drug-likeness (QED) is 0.427. The van der Waals surface area contributed by atoms with Crippen molar-refractivity contribution >= 4 is 39.6 Å². The zero-order valence-electron chi connectivity index (χ0n) is 17.9. The molecule has 3 unspecified atom stereocenters. The van der Waals surface area contributed by atoms with Crippen LogP contribution >= 0.6 is 11.6 Å². The number of carbonyl (C=O) groups is 1. The van der Waals surface area contributed by atoms with Gasteiger partial charge < -0.3 is 23.9 Å². The van der Waals surface area contributed by atoms with Crippen LogP contribution in [0.3, 0.4) is 0 Å². The molecule has 0 amide bonds. The number of pyridine rings is 1. The molecular formula is C21H24ClN3O6S. The SMILES string of the molecule is CCC(COC(=O)O)C(n1cnc2ccccc21)S(=O)Cc1ncc(Cl)c(OC)c1OC. The molecule has 0 aliphatic heterocycles. The molecule has 3 aromatic rings. The van der Waals surface area contributed by atoms with E-state index in [0.717, 1.165) is 11.0 Å². The molecule has 0 saturated carbocycles. The third-order valence-corrected chi connectivity index (χ3v) is 7.06. The van der Waals surface area contributed by atoms with Crippen LogP contribution in [0.5, 0.6) is 11.5 Å². The lowest BCUT2D eigenvalue weighted by atomic mass is 10.1. The van der Waals surface area contributed by atoms with Gasteiger partial charge in [0.1, 0.15) is 17.0 Å². The number of para-hydroxylation sites is 2. The maximum atomic E-state index is 13.7. The third kappa shape index (κ3) is 4.97. The number of hydrogen-bond donors (Lipinski definition) is 1. The van der Waals surface area contributed by atoms with E-state index in [1.807, 2.05) is 35.8 Å². The molecule has 172 valence electrons. The molecular weight excluding hydrogens is 458 g/mol. The molecule has 2 heterocycles. The standard InChI is InChI=1S/C21H24ClN3O6S/c1-4-13(10-31-21(26)27)20(25-12-24-15-7-5-6-8-17(15)25)32(28)11-16-19(30-3)18(29-2)14(22)9-23-16/h5-9,12-13,20H,4,10-11H2,1-3H3,(H,26,27). The molecule has 0 aliphatic rings. The number of ether oxygens (including phenoxy) is 3. The van der Waals surface area contributed by atoms with E-state index < -0.39 is 22.3 Å². The van der Waals surface area contributed by atoms with Crippen LogP contribution in [-0.4, -0.2) is 50.8 Å². The molecule has 1 aromatic carbocycles. The van der Waals surface area contributed by atoms with E-state index in [-0.39, 0.29) is 23.3 Å². The number of benzene rings is 1. The van der Waals surface area contributed by atoms with Crippen molar-refractivity contribution in [3.8, 4) is 11.5 Å². The van der Waals surface area contributed by atoms with Crippen LogP contribution in [0.15, 0.2) is 36.8 Å². The smallest absolute Gasteiger partial charge is 0.491 e. The zero-order valence-corrected chi connectivity index (χ0v) is 19.4. The number of aromatic nitrogens is 3. The summed E-state index contributed by atoms with van der Waals surface area (Å²) in [6, 6.07) is 7.46. The number of imidazole rings is 1. The topological polar surface area (TPSA) is 113 Å². The highest BCUT2D eigenvalue weighted by Gasteiger charge is 2.31. The monoisotopic (exact) mass is 481 g/mol. The largest absolute Gasteiger partial charge is 0.505 e. The molecule has 2 aromatic heterocycles. The molecule has 0 aliphatic carbocycles. The molecule has 11 heteroatoms. The van der Waals surface area contributed by atoms with Gasteiger partial charge in [0.05, 0.1) is 53.8 Å². The first-order valence-corrected chi connectivity index (χ1v) is 11.6. The Hall–Kier alpha value is -2.85. The molecule has 0 spiro atoms. The first kappa shape index (κ1) is 23.8. The van der Waals surface area contributed by atoms with Gasteiger partial charge in [0.2, 0.25) is 0 Å². The van der Waals surface area contributed by atoms with Gasteiger partial charge in [-0.3, -0.25) is 9.19 Å². The Bertz CT molecular complexity index is 1120. The van der Waals surface area contributed by atoms with Gasteiger partial charge in [-0.15, -0.1) is 0 Å². The highest BCUT2D eigenvalue weighted by atomic mass is 35.5. The predicted molar refractivity (Wildman–Crippen MR) is 121 cm³/mol. The lowest BCUT2D eigenvalue weighted by Gasteiger charge is -2.27. The van der Waals surface area contributed by atoms with E-state index in [4.69, 9.17) is 30.9 Å². The van der Waals surface area contributed by atoms with Gasteiger partial charge in [-0.1, -0.05) is 30.7 Å². The maximum absolute atomic E-state index is 13.7. The molecule has 1 N–H and O–H groups in total. The number of methoxy groups -OCH3 is 2. The Morgan fingerprint density at radius 3 is 2.59 bits per heavy atom. The second kappa shape index (κ2) is 10.6. The summed E-state index contributed by atoms with van der Waals surface area (Å²) in [5.41, 5.74) is 1.94. The number of carboxylic acid groups (broad SMARTS) is 1. The number of fused-ring (bicyclic) bond motifs is 1. The Kier molecular flexibility index (Phi) is 7.92. The van der Waals surface area contributed by atoms with Crippen LogP contribution in [-0.2, 0) is 21.3 Å². The summed E-state index contributed by atoms with van der Waals surface area (Å²) in [5, 5.41) is 8.65. The molecule has 0 fully saturated rings. The van der Waals surface area contributed by atoms with Crippen LogP contribution in [0.25, 0.3) is 11.0 Å². The number of rotatable bonds is 10. The molecule has 32 heavy (non-hydrogen) atoms. The molecule has 0 radical (unpaired) electrons. The predicted octanol–water partition coefficient (Wildman–Crippen LogP) is 4.27. The Morgan fingerprint density at radius 2 is 1.94 bits per heavy atom. The van der Waals surface area contributed by atoms with Crippen molar-refractivity contribution in [2.24, 2.45) is 5.92 Å². The van der Waals surface area contributed by atoms with E-state index in [2.05, 4.69) is 9.97 Å². The maximum Gasteiger partial charge on any atom is 0.505 e. The molecule has 3 rings (SSSR count). The highest BCUT2D eigenvalue weighted by Crippen LogP contribution is 2.38. The molecule has 3 atom stereocenters. The van der Waals surface area contributed by atoms with Gasteiger partial charge in [-0.25, -0.2) is 9.78 Å². The first-order valence-electron chi connectivity index (χ1n) is 9.81. The van der Waals surface area contributed by atoms with Gasteiger partial charge in [0.25, 0.3) is 0 Å². The third-order valence-electron chi connectivity index (χ3n) is 5.08. The van der Waals surface area contributed by atoms with Gasteiger partial charge in [0, 0.05) is 12.1 Å². The zero-order chi connectivity index (χ0) is 23.3. The summed E-state index contributed by atoms with van der Waals surface area (Å²) in [5.74, 6) is 0.265. The van der Waals surface area contributed by atoms with Crippen molar-refractivity contribution in [1.82, 2.24) is 14.5 Å². The van der Waals surface area contributed by atoms with E-state index in [1.165, 1.54) is 20.4 Å². The average Bonchev–Trinajstić information content (AvgIpc) is 3.20. The minimum atomic E-state index is -1.56. The van der Waals surface area contributed by atoms with Crippen LogP contribution < -0.4 is 9.47 Å². The normalized spacial score (nSPS) is 14.0. The molecule has 0 bridgehead atoms. The summed E-state index contributed by atoms with van der Waals surface area (Å²) >= 11 is 6.14. The highest BCUT2D eigenvalue weighted by molar-refractivity contribution is 7.84. The molecule has 0 saturated heterocycles. The fourth-order valence-electron chi connectivity index (χ4n) is 3.54. The number of halogens is 1. The number of nitrogens with zero attached hydrogens (tertiary/aromatic N) is 3. The van der Waals surface area contributed by atoms with Crippen molar-refractivity contribution in [2.75, 3.05) is 20.8 Å². The Balaban J connectivity index is 2.03. The lowest BCUT2D eigenvalue weighted by molar-refractivity contribution is 0.0725. The van der Waals surface area contributed by atoms with E-state index in [1.54, 1.807) is 6.33 Å². The fraction of sp³-hybridized carbons (Fsp3) is 0.381. The summed E-state index contributed by atoms with van der Waals surface area (Å²) in [6.45, 7) is 1.78. The van der Waals surface area contributed by atoms with Gasteiger partial charge >= 0.3 is 6.16 Å². The summed E-state index contributed by atoms with van der Waals surface area (Å²) in [7, 11) is 1.36. The van der Waals surface area contributed by atoms with Crippen molar-refractivity contribution in [3.05, 3.63) is 47.5 Å². The van der Waals surface area contributed by atoms with Crippen molar-refractivity contribution in [1.29, 1.82) is 0 Å². The van der Waals surface area contributed by atoms with E-state index >= 15 is 0 Å². The Morgan fingerprint density at radius 1 is 1.22 bits per heavy atom. The van der Waals surface area contributed by atoms with Crippen molar-refractivity contribution in [2.45, 2.75) is 24.5 Å². The van der Waals surface area contributed by atoms with Gasteiger partial charge in [-0.2, -0.15) is 0 Å². The minimum absolute atomic E-state index is 0.0252. The van der Waals surface area contributed by atoms with Crippen LogP contribution in [0.1, 0.15) is 24.4 Å². The van der Waals surface area contributed by atoms with Gasteiger partial charge in [0.15, 0.2) is 11.5 Å². The van der Waals surface area contributed by atoms with Crippen LogP contribution in [0, 0.1) is 5.92 Å². The number of hydrogen-bond acceptors (Lipinski definition) is 7. The average molecular weight is 482 g/mol. The second-order valence-electron chi connectivity index (χ2n) is 6.92. The molecule has 9 nitrogen and oxygen atoms in total.